The van der Waals surface area contributed by atoms with Gasteiger partial charge in [0.2, 0.25) is 0 Å². The Morgan fingerprint density at radius 3 is 2.58 bits per heavy atom. The molecular weight excluding hydrogens is 357 g/mol. The summed E-state index contributed by atoms with van der Waals surface area (Å²) in [6, 6.07) is 8.65. The zero-order valence-electron chi connectivity index (χ0n) is 12.5. The maximum atomic E-state index is 11.9. The number of phenolic OH excluding ortho intramolecular Hbond substituents is 1. The van der Waals surface area contributed by atoms with Crippen LogP contribution in [0.5, 0.6) is 11.5 Å². The summed E-state index contributed by atoms with van der Waals surface area (Å²) < 4.78 is 9.83. The number of aromatic hydroxyl groups is 1. The van der Waals surface area contributed by atoms with Crippen LogP contribution in [0.25, 0.3) is 0 Å². The number of hydrogen-bond donors (Lipinski definition) is 2. The van der Waals surface area contributed by atoms with Crippen molar-refractivity contribution >= 4 is 40.8 Å². The minimum atomic E-state index is -0.858. The Morgan fingerprint density at radius 1 is 1.17 bits per heavy atom. The number of carbonyl (C=O) groups excluding carboxylic acids is 2. The third-order valence-corrected chi connectivity index (χ3v) is 3.51. The first kappa shape index (κ1) is 17.9. The number of halogens is 2. The molecule has 0 spiro atoms. The normalized spacial score (nSPS) is 10.1. The van der Waals surface area contributed by atoms with Crippen LogP contribution in [0, 0.1) is 0 Å². The number of esters is 1. The molecule has 0 unspecified atom stereocenters. The first-order valence-corrected chi connectivity index (χ1v) is 7.45. The number of ether oxygens (including phenoxy) is 2. The summed E-state index contributed by atoms with van der Waals surface area (Å²) in [7, 11) is 1.42. The van der Waals surface area contributed by atoms with Crippen molar-refractivity contribution in [3.8, 4) is 11.5 Å². The molecular formula is C16H13Cl2NO5. The van der Waals surface area contributed by atoms with Gasteiger partial charge in [0.25, 0.3) is 5.91 Å². The summed E-state index contributed by atoms with van der Waals surface area (Å²) in [5.74, 6) is -1.35. The highest BCUT2D eigenvalue weighted by atomic mass is 35.5. The third kappa shape index (κ3) is 4.53. The average Bonchev–Trinajstić information content (AvgIpc) is 2.55. The summed E-state index contributed by atoms with van der Waals surface area (Å²) in [6.45, 7) is -0.547. The molecule has 6 nitrogen and oxygen atoms in total. The van der Waals surface area contributed by atoms with E-state index in [0.717, 1.165) is 0 Å². The van der Waals surface area contributed by atoms with Crippen LogP contribution in [0.4, 0.5) is 5.69 Å². The van der Waals surface area contributed by atoms with Crippen LogP contribution in [-0.2, 0) is 9.53 Å². The van der Waals surface area contributed by atoms with E-state index in [1.54, 1.807) is 6.07 Å². The topological polar surface area (TPSA) is 84.9 Å². The van der Waals surface area contributed by atoms with Crippen LogP contribution in [0.2, 0.25) is 10.0 Å². The second-order valence-corrected chi connectivity index (χ2v) is 5.48. The fourth-order valence-electron chi connectivity index (χ4n) is 1.79. The van der Waals surface area contributed by atoms with Crippen LogP contribution in [0.15, 0.2) is 36.4 Å². The van der Waals surface area contributed by atoms with Crippen molar-refractivity contribution in [2.45, 2.75) is 0 Å². The lowest BCUT2D eigenvalue weighted by molar-refractivity contribution is -0.119. The van der Waals surface area contributed by atoms with Crippen LogP contribution < -0.4 is 10.1 Å². The summed E-state index contributed by atoms with van der Waals surface area (Å²) in [5.41, 5.74) is 0.234. The van der Waals surface area contributed by atoms with Gasteiger partial charge in [-0.05, 0) is 36.4 Å². The number of anilines is 1. The highest BCUT2D eigenvalue weighted by Crippen LogP contribution is 2.26. The monoisotopic (exact) mass is 369 g/mol. The predicted octanol–water partition coefficient (Wildman–Crippen LogP) is 3.50. The Balaban J connectivity index is 1.97. The summed E-state index contributed by atoms with van der Waals surface area (Å²) in [6.07, 6.45) is 0. The lowest BCUT2D eigenvalue weighted by atomic mass is 10.2. The number of hydrogen-bond acceptors (Lipinski definition) is 5. The van der Waals surface area contributed by atoms with E-state index < -0.39 is 18.5 Å². The molecule has 0 radical (unpaired) electrons. The highest BCUT2D eigenvalue weighted by Gasteiger charge is 2.16. The molecule has 1 amide bonds. The van der Waals surface area contributed by atoms with E-state index in [4.69, 9.17) is 32.7 Å². The molecule has 0 aliphatic heterocycles. The number of nitrogens with one attached hydrogen (secondary N) is 1. The van der Waals surface area contributed by atoms with Crippen LogP contribution in [0.1, 0.15) is 10.4 Å². The van der Waals surface area contributed by atoms with E-state index in [0.29, 0.717) is 16.5 Å². The van der Waals surface area contributed by atoms with Gasteiger partial charge in [-0.3, -0.25) is 4.79 Å². The van der Waals surface area contributed by atoms with E-state index in [1.165, 1.54) is 37.4 Å². The van der Waals surface area contributed by atoms with Gasteiger partial charge in [-0.1, -0.05) is 23.2 Å². The minimum Gasteiger partial charge on any atom is -0.507 e. The zero-order chi connectivity index (χ0) is 17.7. The van der Waals surface area contributed by atoms with E-state index in [1.807, 2.05) is 0 Å². The lowest BCUT2D eigenvalue weighted by Gasteiger charge is -2.09. The minimum absolute atomic E-state index is 0.105. The van der Waals surface area contributed by atoms with E-state index in [-0.39, 0.29) is 16.3 Å². The van der Waals surface area contributed by atoms with E-state index in [9.17, 15) is 14.7 Å². The van der Waals surface area contributed by atoms with Crippen molar-refractivity contribution < 1.29 is 24.2 Å². The van der Waals surface area contributed by atoms with Crippen molar-refractivity contribution in [1.29, 1.82) is 0 Å². The van der Waals surface area contributed by atoms with Crippen molar-refractivity contribution in [2.75, 3.05) is 19.0 Å². The Kier molecular flexibility index (Phi) is 5.89. The largest absolute Gasteiger partial charge is 0.507 e. The van der Waals surface area contributed by atoms with E-state index in [2.05, 4.69) is 5.32 Å². The van der Waals surface area contributed by atoms with Crippen molar-refractivity contribution in [3.05, 3.63) is 52.0 Å². The molecule has 0 saturated heterocycles. The van der Waals surface area contributed by atoms with Crippen molar-refractivity contribution in [1.82, 2.24) is 0 Å². The zero-order valence-corrected chi connectivity index (χ0v) is 14.0. The van der Waals surface area contributed by atoms with Gasteiger partial charge in [-0.2, -0.15) is 0 Å². The lowest BCUT2D eigenvalue weighted by Crippen LogP contribution is -2.21. The number of benzene rings is 2. The predicted molar refractivity (Wildman–Crippen MR) is 90.0 cm³/mol. The molecule has 0 atom stereocenters. The van der Waals surface area contributed by atoms with E-state index >= 15 is 0 Å². The average molecular weight is 370 g/mol. The molecule has 0 aromatic heterocycles. The second-order valence-electron chi connectivity index (χ2n) is 4.63. The Bertz CT molecular complexity index is 779. The molecule has 2 rings (SSSR count). The Hall–Kier alpha value is -2.44. The molecule has 0 aliphatic carbocycles. The van der Waals surface area contributed by atoms with Gasteiger partial charge >= 0.3 is 5.97 Å². The van der Waals surface area contributed by atoms with Gasteiger partial charge in [-0.15, -0.1) is 0 Å². The summed E-state index contributed by atoms with van der Waals surface area (Å²) >= 11 is 11.7. The first-order chi connectivity index (χ1) is 11.4. The molecule has 0 fully saturated rings. The molecule has 0 heterocycles. The van der Waals surface area contributed by atoms with Crippen LogP contribution >= 0.6 is 23.2 Å². The second kappa shape index (κ2) is 7.90. The van der Waals surface area contributed by atoms with Gasteiger partial charge < -0.3 is 19.9 Å². The molecule has 0 saturated carbocycles. The number of methoxy groups -OCH3 is 1. The summed E-state index contributed by atoms with van der Waals surface area (Å²) in [5, 5.41) is 12.8. The first-order valence-electron chi connectivity index (χ1n) is 6.69. The number of carbonyl (C=O) groups is 2. The van der Waals surface area contributed by atoms with Crippen molar-refractivity contribution in [3.63, 3.8) is 0 Å². The number of phenols is 1. The summed E-state index contributed by atoms with van der Waals surface area (Å²) in [4.78, 5) is 23.8. The van der Waals surface area contributed by atoms with Gasteiger partial charge in [0.15, 0.2) is 6.61 Å². The van der Waals surface area contributed by atoms with Crippen LogP contribution in [-0.4, -0.2) is 30.7 Å². The van der Waals surface area contributed by atoms with Gasteiger partial charge in [0, 0.05) is 5.02 Å². The molecule has 0 aliphatic rings. The maximum Gasteiger partial charge on any atom is 0.342 e. The number of amides is 1. The van der Waals surface area contributed by atoms with Crippen LogP contribution in [0.3, 0.4) is 0 Å². The van der Waals surface area contributed by atoms with Crippen molar-refractivity contribution in [2.24, 2.45) is 0 Å². The molecule has 24 heavy (non-hydrogen) atoms. The molecule has 2 aromatic carbocycles. The smallest absolute Gasteiger partial charge is 0.342 e. The standard InChI is InChI=1S/C16H13Cl2NO5/c1-23-10-3-5-14(20)11(7-10)16(22)24-8-15(21)19-13-4-2-9(17)6-12(13)18/h2-7,20H,8H2,1H3,(H,19,21). The fraction of sp³-hybridized carbons (Fsp3) is 0.125. The fourth-order valence-corrected chi connectivity index (χ4v) is 2.25. The third-order valence-electron chi connectivity index (χ3n) is 2.96. The highest BCUT2D eigenvalue weighted by molar-refractivity contribution is 6.36. The Morgan fingerprint density at radius 2 is 1.92 bits per heavy atom. The molecule has 0 bridgehead atoms. The SMILES string of the molecule is COc1ccc(O)c(C(=O)OCC(=O)Nc2ccc(Cl)cc2Cl)c1. The van der Waals surface area contributed by atoms with Gasteiger partial charge in [-0.25, -0.2) is 4.79 Å². The number of rotatable bonds is 5. The molecule has 8 heteroatoms. The Labute approximate surface area is 147 Å². The molecule has 2 aromatic rings. The quantitative estimate of drug-likeness (QED) is 0.787. The van der Waals surface area contributed by atoms with Gasteiger partial charge in [0.1, 0.15) is 17.1 Å². The van der Waals surface area contributed by atoms with Gasteiger partial charge in [0.05, 0.1) is 17.8 Å². The maximum absolute atomic E-state index is 11.9. The molecule has 126 valence electrons. The molecule has 2 N–H and O–H groups in total.